The predicted octanol–water partition coefficient (Wildman–Crippen LogP) is 4.56. The first-order valence-corrected chi connectivity index (χ1v) is 18.8. The van der Waals surface area contributed by atoms with Crippen molar-refractivity contribution in [1.82, 2.24) is 14.9 Å². The molecule has 3 aromatic rings. The number of unbranched alkanes of at least 4 members (excludes halogenated alkanes) is 2. The van der Waals surface area contributed by atoms with E-state index in [1.807, 2.05) is 24.5 Å². The molecule has 2 aromatic heterocycles. The zero-order valence-corrected chi connectivity index (χ0v) is 30.2. The first-order valence-electron chi connectivity index (χ1n) is 18.8. The van der Waals surface area contributed by atoms with Crippen molar-refractivity contribution in [2.45, 2.75) is 115 Å². The standard InChI is InChI=1S/C39H46N6O8/c1-3-5-9-15-44-21-41-27-13-10-14-28-32(27)34(44)23-19-45-30(33(23)42-28)17-25-24(36(45)48)20-52-38(51)39(25,4-2)53-31(46)18-29(37(49)50)43-35(47)26(40)16-22-11-7-6-8-12-22/h10,13-14,17,21-22,26,29H,3-9,11-12,15-16,18-20,40H2,1-2H3,(H,43,47)(H,49,50)/t26-,29-,39-/m0/s1. The van der Waals surface area contributed by atoms with Gasteiger partial charge in [-0.2, -0.15) is 0 Å². The van der Waals surface area contributed by atoms with Crippen LogP contribution in [0.1, 0.15) is 101 Å². The molecule has 0 bridgehead atoms. The molecular formula is C39H46N6O8. The summed E-state index contributed by atoms with van der Waals surface area (Å²) >= 11 is 0. The van der Waals surface area contributed by atoms with Gasteiger partial charge in [0, 0.05) is 17.7 Å². The molecule has 0 radical (unpaired) electrons. The number of carboxylic acids is 1. The van der Waals surface area contributed by atoms with Gasteiger partial charge in [0.05, 0.1) is 64.6 Å². The summed E-state index contributed by atoms with van der Waals surface area (Å²) in [5.74, 6) is -3.78. The van der Waals surface area contributed by atoms with E-state index in [4.69, 9.17) is 25.2 Å². The molecule has 7 rings (SSSR count). The summed E-state index contributed by atoms with van der Waals surface area (Å²) < 4.78 is 13.0. The number of nitrogens with one attached hydrogen (secondary N) is 1. The van der Waals surface area contributed by atoms with E-state index < -0.39 is 53.5 Å². The average molecular weight is 727 g/mol. The third-order valence-corrected chi connectivity index (χ3v) is 11.2. The Balaban J connectivity index is 1.20. The lowest BCUT2D eigenvalue weighted by atomic mass is 9.85. The quantitative estimate of drug-likeness (QED) is 0.129. The second-order valence-corrected chi connectivity index (χ2v) is 14.6. The number of aliphatic carboxylic acids is 1. The van der Waals surface area contributed by atoms with Crippen molar-refractivity contribution >= 4 is 52.4 Å². The fourth-order valence-corrected chi connectivity index (χ4v) is 8.33. The van der Waals surface area contributed by atoms with Crippen molar-refractivity contribution in [2.75, 3.05) is 11.4 Å². The first-order chi connectivity index (χ1) is 25.6. The van der Waals surface area contributed by atoms with Gasteiger partial charge in [-0.3, -0.25) is 14.4 Å². The second kappa shape index (κ2) is 14.7. The Labute approximate surface area is 306 Å². The van der Waals surface area contributed by atoms with Gasteiger partial charge in [-0.05, 0) is 43.4 Å². The number of cyclic esters (lactones) is 1. The summed E-state index contributed by atoms with van der Waals surface area (Å²) in [6.45, 7) is 4.41. The van der Waals surface area contributed by atoms with Crippen molar-refractivity contribution in [3.8, 4) is 11.4 Å². The number of nitrogens with zero attached hydrogens (tertiary/aromatic N) is 4. The van der Waals surface area contributed by atoms with Crippen LogP contribution >= 0.6 is 0 Å². The van der Waals surface area contributed by atoms with Gasteiger partial charge in [0.2, 0.25) is 11.5 Å². The molecular weight excluding hydrogens is 680 g/mol. The van der Waals surface area contributed by atoms with Crippen molar-refractivity contribution in [3.63, 3.8) is 0 Å². The minimum Gasteiger partial charge on any atom is -0.480 e. The molecule has 5 heterocycles. The SMILES string of the molecule is CCCCCN1C=Nc2cccc3nc4c(c1c23)Cn1c-4cc2c(c1=O)COC(=O)[C@@]2(CC)OC(=O)C[C@H](NC(=O)[C@@H](N)CC1CCCCC1)C(=O)O. The molecule has 0 saturated heterocycles. The molecule has 0 unspecified atom stereocenters. The third kappa shape index (κ3) is 6.57. The fourth-order valence-electron chi connectivity index (χ4n) is 8.33. The van der Waals surface area contributed by atoms with Crippen LogP contribution < -0.4 is 21.5 Å². The number of esters is 2. The fraction of sp³-hybridized carbons (Fsp3) is 0.513. The van der Waals surface area contributed by atoms with Crippen LogP contribution in [0, 0.1) is 5.92 Å². The summed E-state index contributed by atoms with van der Waals surface area (Å²) in [6.07, 6.45) is 9.64. The maximum atomic E-state index is 14.3. The Kier molecular flexibility index (Phi) is 10.1. The number of rotatable bonds is 13. The highest BCUT2D eigenvalue weighted by molar-refractivity contribution is 6.11. The van der Waals surface area contributed by atoms with E-state index >= 15 is 0 Å². The van der Waals surface area contributed by atoms with Gasteiger partial charge >= 0.3 is 17.9 Å². The van der Waals surface area contributed by atoms with Crippen LogP contribution in [0.25, 0.3) is 22.3 Å². The lowest BCUT2D eigenvalue weighted by Gasteiger charge is -2.36. The number of hydrogen-bond donors (Lipinski definition) is 3. The van der Waals surface area contributed by atoms with E-state index in [9.17, 15) is 29.1 Å². The molecule has 3 atom stereocenters. The number of benzene rings is 1. The number of amides is 1. The van der Waals surface area contributed by atoms with Crippen LogP contribution in [-0.4, -0.2) is 63.4 Å². The normalized spacial score (nSPS) is 19.9. The Hall–Kier alpha value is -5.11. The van der Waals surface area contributed by atoms with E-state index in [2.05, 4.69) is 17.1 Å². The lowest BCUT2D eigenvalue weighted by molar-refractivity contribution is -0.190. The maximum Gasteiger partial charge on any atom is 0.355 e. The Morgan fingerprint density at radius 1 is 1.13 bits per heavy atom. The van der Waals surface area contributed by atoms with Gasteiger partial charge in [0.15, 0.2) is 0 Å². The number of aliphatic imine (C=N–C) groups is 1. The molecule has 1 aromatic carbocycles. The molecule has 14 nitrogen and oxygen atoms in total. The molecule has 1 aliphatic carbocycles. The number of pyridine rings is 2. The van der Waals surface area contributed by atoms with Crippen LogP contribution in [-0.2, 0) is 47.4 Å². The van der Waals surface area contributed by atoms with Gasteiger partial charge in [0.1, 0.15) is 12.6 Å². The Morgan fingerprint density at radius 3 is 2.66 bits per heavy atom. The Morgan fingerprint density at radius 2 is 1.92 bits per heavy atom. The monoisotopic (exact) mass is 726 g/mol. The van der Waals surface area contributed by atoms with E-state index in [1.54, 1.807) is 17.6 Å². The van der Waals surface area contributed by atoms with E-state index in [1.165, 1.54) is 0 Å². The summed E-state index contributed by atoms with van der Waals surface area (Å²) in [7, 11) is 0. The minimum absolute atomic E-state index is 0.0991. The van der Waals surface area contributed by atoms with Crippen LogP contribution in [0.2, 0.25) is 0 Å². The predicted molar refractivity (Wildman–Crippen MR) is 197 cm³/mol. The van der Waals surface area contributed by atoms with Crippen molar-refractivity contribution in [3.05, 3.63) is 51.3 Å². The largest absolute Gasteiger partial charge is 0.480 e. The van der Waals surface area contributed by atoms with E-state index in [-0.39, 0.29) is 36.6 Å². The van der Waals surface area contributed by atoms with Crippen LogP contribution in [0.3, 0.4) is 0 Å². The van der Waals surface area contributed by atoms with Gasteiger partial charge < -0.3 is 35.1 Å². The number of fused-ring (bicyclic) bond motifs is 5. The minimum atomic E-state index is -2.04. The molecule has 1 fully saturated rings. The smallest absolute Gasteiger partial charge is 0.355 e. The van der Waals surface area contributed by atoms with Crippen molar-refractivity contribution in [1.29, 1.82) is 0 Å². The zero-order valence-electron chi connectivity index (χ0n) is 30.2. The lowest BCUT2D eigenvalue weighted by Crippen LogP contribution is -2.51. The molecule has 3 aliphatic heterocycles. The molecule has 280 valence electrons. The van der Waals surface area contributed by atoms with Gasteiger partial charge in [0.25, 0.3) is 5.56 Å². The number of nitrogens with two attached hydrogens (primary N) is 1. The van der Waals surface area contributed by atoms with Crippen LogP contribution in [0.15, 0.2) is 34.1 Å². The number of ether oxygens (including phenoxy) is 2. The molecule has 4 aliphatic rings. The highest BCUT2D eigenvalue weighted by atomic mass is 16.6. The van der Waals surface area contributed by atoms with Gasteiger partial charge in [-0.25, -0.2) is 19.6 Å². The number of carbonyl (C=O) groups is 4. The number of carboxylic acid groups (broad SMARTS) is 1. The molecule has 1 amide bonds. The highest BCUT2D eigenvalue weighted by Crippen LogP contribution is 2.47. The number of anilines is 1. The van der Waals surface area contributed by atoms with Gasteiger partial charge in [-0.15, -0.1) is 0 Å². The maximum absolute atomic E-state index is 14.3. The molecule has 0 spiro atoms. The summed E-state index contributed by atoms with van der Waals surface area (Å²) in [5, 5.41) is 13.2. The third-order valence-electron chi connectivity index (χ3n) is 11.2. The van der Waals surface area contributed by atoms with Crippen molar-refractivity contribution < 1.29 is 33.8 Å². The number of carbonyl (C=O) groups excluding carboxylic acids is 3. The van der Waals surface area contributed by atoms with E-state index in [0.29, 0.717) is 23.3 Å². The van der Waals surface area contributed by atoms with E-state index in [0.717, 1.165) is 80.2 Å². The highest BCUT2D eigenvalue weighted by Gasteiger charge is 2.51. The molecule has 14 heteroatoms. The number of hydrogen-bond acceptors (Lipinski definition) is 11. The molecule has 53 heavy (non-hydrogen) atoms. The number of aromatic nitrogens is 2. The summed E-state index contributed by atoms with van der Waals surface area (Å²) in [4.78, 5) is 78.4. The molecule has 1 saturated carbocycles. The van der Waals surface area contributed by atoms with Crippen LogP contribution in [0.4, 0.5) is 11.4 Å². The summed E-state index contributed by atoms with van der Waals surface area (Å²) in [5.41, 5.74) is 8.37. The van der Waals surface area contributed by atoms with Gasteiger partial charge in [-0.1, -0.05) is 64.9 Å². The molecule has 4 N–H and O–H groups in total. The van der Waals surface area contributed by atoms with Crippen molar-refractivity contribution in [2.24, 2.45) is 16.6 Å². The first kappa shape index (κ1) is 36.3. The topological polar surface area (TPSA) is 196 Å². The Bertz CT molecular complexity index is 2070. The summed E-state index contributed by atoms with van der Waals surface area (Å²) in [6, 6.07) is 4.82. The second-order valence-electron chi connectivity index (χ2n) is 14.6. The average Bonchev–Trinajstić information content (AvgIpc) is 3.52. The zero-order chi connectivity index (χ0) is 37.4. The van der Waals surface area contributed by atoms with Crippen LogP contribution in [0.5, 0.6) is 0 Å².